The average molecular weight is 281 g/mol. The molecule has 1 aromatic rings. The molecule has 0 fully saturated rings. The lowest BCUT2D eigenvalue weighted by molar-refractivity contribution is 0.194. The Morgan fingerprint density at radius 3 is 2.42 bits per heavy atom. The molecular formula is C16H27NOS. The first kappa shape index (κ1) is 16.5. The quantitative estimate of drug-likeness (QED) is 0.547. The van der Waals surface area contributed by atoms with E-state index in [-0.39, 0.29) is 0 Å². The lowest BCUT2D eigenvalue weighted by Gasteiger charge is -2.13. The van der Waals surface area contributed by atoms with E-state index in [9.17, 15) is 0 Å². The minimum absolute atomic E-state index is 0.590. The number of nitrogens with one attached hydrogen (secondary N) is 1. The molecule has 0 saturated heterocycles. The van der Waals surface area contributed by atoms with Crippen molar-refractivity contribution in [3.63, 3.8) is 0 Å². The van der Waals surface area contributed by atoms with Gasteiger partial charge in [0.05, 0.1) is 0 Å². The van der Waals surface area contributed by atoms with Crippen LogP contribution in [0, 0.1) is 0 Å². The summed E-state index contributed by atoms with van der Waals surface area (Å²) in [6.45, 7) is 9.64. The van der Waals surface area contributed by atoms with Crippen molar-refractivity contribution in [3.05, 3.63) is 29.8 Å². The smallest absolute Gasteiger partial charge is 0.0474 e. The molecule has 0 aliphatic heterocycles. The summed E-state index contributed by atoms with van der Waals surface area (Å²) in [6, 6.07) is 8.96. The van der Waals surface area contributed by atoms with E-state index in [1.54, 1.807) is 7.11 Å². The van der Waals surface area contributed by atoms with Crippen LogP contribution in [-0.2, 0) is 4.74 Å². The van der Waals surface area contributed by atoms with Gasteiger partial charge in [0, 0.05) is 30.4 Å². The molecule has 1 unspecified atom stereocenters. The zero-order valence-electron chi connectivity index (χ0n) is 12.6. The van der Waals surface area contributed by atoms with Crippen LogP contribution in [-0.4, -0.2) is 32.1 Å². The van der Waals surface area contributed by atoms with E-state index in [4.69, 9.17) is 4.74 Å². The second-order valence-corrected chi connectivity index (χ2v) is 6.71. The minimum Gasteiger partial charge on any atom is -0.385 e. The van der Waals surface area contributed by atoms with Crippen molar-refractivity contribution >= 4 is 11.8 Å². The highest BCUT2D eigenvalue weighted by Gasteiger charge is 2.05. The third kappa shape index (κ3) is 7.00. The van der Waals surface area contributed by atoms with Gasteiger partial charge in [0.25, 0.3) is 0 Å². The number of thioether (sulfide) groups is 1. The Balaban J connectivity index is 2.26. The van der Waals surface area contributed by atoms with Crippen LogP contribution in [0.25, 0.3) is 0 Å². The van der Waals surface area contributed by atoms with E-state index in [0.29, 0.717) is 11.2 Å². The van der Waals surface area contributed by atoms with Crippen LogP contribution < -0.4 is 5.32 Å². The molecule has 0 radical (unpaired) electrons. The summed E-state index contributed by atoms with van der Waals surface area (Å²) in [4.78, 5) is 1.36. The van der Waals surface area contributed by atoms with E-state index in [2.05, 4.69) is 50.4 Å². The molecule has 2 nitrogen and oxygen atoms in total. The molecule has 0 aliphatic rings. The van der Waals surface area contributed by atoms with Crippen molar-refractivity contribution < 1.29 is 4.74 Å². The van der Waals surface area contributed by atoms with Crippen LogP contribution in [0.2, 0.25) is 0 Å². The van der Waals surface area contributed by atoms with Gasteiger partial charge in [0.15, 0.2) is 0 Å². The monoisotopic (exact) mass is 281 g/mol. The molecule has 1 aromatic carbocycles. The van der Waals surface area contributed by atoms with Crippen molar-refractivity contribution in [1.82, 2.24) is 5.32 Å². The summed E-state index contributed by atoms with van der Waals surface area (Å²) in [6.07, 6.45) is 1.08. The van der Waals surface area contributed by atoms with Gasteiger partial charge in [-0.05, 0) is 36.6 Å². The van der Waals surface area contributed by atoms with E-state index < -0.39 is 0 Å². The Morgan fingerprint density at radius 2 is 1.84 bits per heavy atom. The number of ether oxygens (including phenoxy) is 1. The first-order chi connectivity index (χ1) is 9.13. The molecule has 1 rings (SSSR count). The van der Waals surface area contributed by atoms with E-state index >= 15 is 0 Å². The van der Waals surface area contributed by atoms with Crippen LogP contribution in [0.5, 0.6) is 0 Å². The molecule has 108 valence electrons. The number of methoxy groups -OCH3 is 1. The van der Waals surface area contributed by atoms with Gasteiger partial charge >= 0.3 is 0 Å². The van der Waals surface area contributed by atoms with Crippen molar-refractivity contribution in [2.75, 3.05) is 26.8 Å². The van der Waals surface area contributed by atoms with Crippen LogP contribution in [0.3, 0.4) is 0 Å². The third-order valence-electron chi connectivity index (χ3n) is 3.02. The summed E-state index contributed by atoms with van der Waals surface area (Å²) >= 11 is 1.93. The summed E-state index contributed by atoms with van der Waals surface area (Å²) in [7, 11) is 1.75. The van der Waals surface area contributed by atoms with Crippen LogP contribution in [0.4, 0.5) is 0 Å². The lowest BCUT2D eigenvalue weighted by Crippen LogP contribution is -2.24. The first-order valence-electron chi connectivity index (χ1n) is 7.09. The van der Waals surface area contributed by atoms with Gasteiger partial charge in [-0.25, -0.2) is 0 Å². The van der Waals surface area contributed by atoms with Gasteiger partial charge in [0.1, 0.15) is 0 Å². The number of hydrogen-bond acceptors (Lipinski definition) is 3. The fourth-order valence-electron chi connectivity index (χ4n) is 1.85. The normalized spacial score (nSPS) is 12.9. The number of benzene rings is 1. The maximum Gasteiger partial charge on any atom is 0.0474 e. The number of hydrogen-bond donors (Lipinski definition) is 1. The highest BCUT2D eigenvalue weighted by Crippen LogP contribution is 2.24. The van der Waals surface area contributed by atoms with Gasteiger partial charge < -0.3 is 10.1 Å². The maximum absolute atomic E-state index is 5.03. The van der Waals surface area contributed by atoms with Gasteiger partial charge in [-0.15, -0.1) is 11.8 Å². The molecule has 0 spiro atoms. The maximum atomic E-state index is 5.03. The fraction of sp³-hybridized carbons (Fsp3) is 0.625. The topological polar surface area (TPSA) is 21.3 Å². The Bertz CT molecular complexity index is 337. The Kier molecular flexibility index (Phi) is 8.19. The van der Waals surface area contributed by atoms with E-state index in [0.717, 1.165) is 26.1 Å². The molecule has 0 aromatic heterocycles. The molecule has 0 amide bonds. The summed E-state index contributed by atoms with van der Waals surface area (Å²) in [5, 5.41) is 4.06. The molecule has 1 atom stereocenters. The largest absolute Gasteiger partial charge is 0.385 e. The molecule has 0 aliphatic carbocycles. The standard InChI is InChI=1S/C16H27NOS/c1-13(2)15-6-8-16(9-7-15)19-14(3)12-17-10-5-11-18-4/h6-9,13-14,17H,5,10-12H2,1-4H3. The van der Waals surface area contributed by atoms with E-state index in [1.807, 2.05) is 11.8 Å². The molecule has 0 saturated carbocycles. The highest BCUT2D eigenvalue weighted by atomic mass is 32.2. The van der Waals surface area contributed by atoms with Gasteiger partial charge in [0.2, 0.25) is 0 Å². The SMILES string of the molecule is COCCCNCC(C)Sc1ccc(C(C)C)cc1. The molecular weight excluding hydrogens is 254 g/mol. The zero-order chi connectivity index (χ0) is 14.1. The molecule has 0 bridgehead atoms. The molecule has 1 N–H and O–H groups in total. The predicted molar refractivity (Wildman–Crippen MR) is 85.2 cm³/mol. The Labute approximate surface area is 122 Å². The van der Waals surface area contributed by atoms with Crippen LogP contribution in [0.1, 0.15) is 38.7 Å². The summed E-state index contributed by atoms with van der Waals surface area (Å²) < 4.78 is 5.03. The molecule has 0 heterocycles. The summed E-state index contributed by atoms with van der Waals surface area (Å²) in [5.74, 6) is 0.610. The third-order valence-corrected chi connectivity index (χ3v) is 4.13. The Hall–Kier alpha value is -0.510. The van der Waals surface area contributed by atoms with Crippen molar-refractivity contribution in [1.29, 1.82) is 0 Å². The second kappa shape index (κ2) is 9.40. The highest BCUT2D eigenvalue weighted by molar-refractivity contribution is 8.00. The average Bonchev–Trinajstić information content (AvgIpc) is 2.39. The van der Waals surface area contributed by atoms with Gasteiger partial charge in [-0.1, -0.05) is 32.9 Å². The Morgan fingerprint density at radius 1 is 1.16 bits per heavy atom. The lowest BCUT2D eigenvalue weighted by atomic mass is 10.0. The van der Waals surface area contributed by atoms with Crippen molar-refractivity contribution in [3.8, 4) is 0 Å². The predicted octanol–water partition coefficient (Wildman–Crippen LogP) is 3.92. The first-order valence-corrected chi connectivity index (χ1v) is 7.97. The van der Waals surface area contributed by atoms with Crippen molar-refractivity contribution in [2.24, 2.45) is 0 Å². The van der Waals surface area contributed by atoms with Gasteiger partial charge in [-0.3, -0.25) is 0 Å². The second-order valence-electron chi connectivity index (χ2n) is 5.20. The van der Waals surface area contributed by atoms with Crippen LogP contribution in [0.15, 0.2) is 29.2 Å². The molecule has 19 heavy (non-hydrogen) atoms. The van der Waals surface area contributed by atoms with Crippen molar-refractivity contribution in [2.45, 2.75) is 43.3 Å². The fourth-order valence-corrected chi connectivity index (χ4v) is 2.81. The number of rotatable bonds is 9. The minimum atomic E-state index is 0.590. The van der Waals surface area contributed by atoms with E-state index in [1.165, 1.54) is 10.5 Å². The van der Waals surface area contributed by atoms with Gasteiger partial charge in [-0.2, -0.15) is 0 Å². The summed E-state index contributed by atoms with van der Waals surface area (Å²) in [5.41, 5.74) is 1.41. The zero-order valence-corrected chi connectivity index (χ0v) is 13.4. The molecule has 3 heteroatoms. The van der Waals surface area contributed by atoms with Crippen LogP contribution >= 0.6 is 11.8 Å².